The Kier molecular flexibility index (Phi) is 5.25. The topological polar surface area (TPSA) is 71.3 Å². The van der Waals surface area contributed by atoms with Crippen LogP contribution in [0.4, 0.5) is 0 Å². The van der Waals surface area contributed by atoms with Gasteiger partial charge >= 0.3 is 0 Å². The second-order valence-electron chi connectivity index (χ2n) is 6.35. The second-order valence-corrected chi connectivity index (χ2v) is 6.35. The molecule has 2 aromatic rings. The van der Waals surface area contributed by atoms with Crippen LogP contribution in [0.25, 0.3) is 0 Å². The highest BCUT2D eigenvalue weighted by molar-refractivity contribution is 5.92. The summed E-state index contributed by atoms with van der Waals surface area (Å²) in [4.78, 5) is 23.3. The van der Waals surface area contributed by atoms with Gasteiger partial charge in [-0.25, -0.2) is 9.97 Å². The third-order valence-electron chi connectivity index (χ3n) is 4.45. The van der Waals surface area contributed by atoms with Crippen LogP contribution in [0.1, 0.15) is 41.0 Å². The lowest BCUT2D eigenvalue weighted by molar-refractivity contribution is 0.0918. The van der Waals surface area contributed by atoms with Gasteiger partial charge in [0.25, 0.3) is 5.91 Å². The first-order chi connectivity index (χ1) is 11.7. The molecule has 6 nitrogen and oxygen atoms in total. The summed E-state index contributed by atoms with van der Waals surface area (Å²) in [5.74, 6) is 1.65. The van der Waals surface area contributed by atoms with Crippen LogP contribution >= 0.6 is 0 Å². The predicted molar refractivity (Wildman–Crippen MR) is 90.6 cm³/mol. The highest BCUT2D eigenvalue weighted by Crippen LogP contribution is 2.18. The molecule has 1 aliphatic heterocycles. The third-order valence-corrected chi connectivity index (χ3v) is 4.45. The molecule has 1 saturated heterocycles. The van der Waals surface area contributed by atoms with Crippen molar-refractivity contribution < 1.29 is 9.21 Å². The molecule has 1 aliphatic rings. The minimum Gasteiger partial charge on any atom is -0.459 e. The van der Waals surface area contributed by atoms with Crippen molar-refractivity contribution in [1.82, 2.24) is 20.2 Å². The number of nitrogens with one attached hydrogen (secondary N) is 1. The van der Waals surface area contributed by atoms with Crippen molar-refractivity contribution in [2.24, 2.45) is 5.92 Å². The summed E-state index contributed by atoms with van der Waals surface area (Å²) in [6.45, 7) is 7.47. The summed E-state index contributed by atoms with van der Waals surface area (Å²) >= 11 is 0. The number of aryl methyl sites for hydroxylation is 2. The lowest BCUT2D eigenvalue weighted by atomic mass is 10.1. The molecule has 1 amide bonds. The van der Waals surface area contributed by atoms with Crippen molar-refractivity contribution in [2.75, 3.05) is 19.6 Å². The molecule has 128 valence electrons. The van der Waals surface area contributed by atoms with E-state index in [2.05, 4.69) is 27.1 Å². The maximum Gasteiger partial charge on any atom is 0.287 e. The summed E-state index contributed by atoms with van der Waals surface area (Å²) in [6.07, 6.45) is 5.33. The lowest BCUT2D eigenvalue weighted by Crippen LogP contribution is -2.31. The maximum absolute atomic E-state index is 12.1. The average Bonchev–Trinajstić information content (AvgIpc) is 3.22. The van der Waals surface area contributed by atoms with Gasteiger partial charge in [-0.1, -0.05) is 6.92 Å². The van der Waals surface area contributed by atoms with Gasteiger partial charge in [0.15, 0.2) is 5.76 Å². The van der Waals surface area contributed by atoms with E-state index in [0.29, 0.717) is 18.2 Å². The molecular weight excluding hydrogens is 304 g/mol. The Morgan fingerprint density at radius 3 is 3.08 bits per heavy atom. The Balaban J connectivity index is 1.47. The van der Waals surface area contributed by atoms with Gasteiger partial charge in [0.05, 0.1) is 12.0 Å². The molecule has 3 rings (SSSR count). The van der Waals surface area contributed by atoms with Crippen molar-refractivity contribution in [1.29, 1.82) is 0 Å². The van der Waals surface area contributed by atoms with E-state index in [1.165, 1.54) is 0 Å². The summed E-state index contributed by atoms with van der Waals surface area (Å²) in [6, 6.07) is 3.78. The van der Waals surface area contributed by atoms with E-state index in [1.807, 2.05) is 19.2 Å². The summed E-state index contributed by atoms with van der Waals surface area (Å²) in [7, 11) is 0. The van der Waals surface area contributed by atoms with Crippen LogP contribution in [0, 0.1) is 12.8 Å². The molecular formula is C18H24N4O2. The first kappa shape index (κ1) is 16.6. The minimum absolute atomic E-state index is 0.126. The van der Waals surface area contributed by atoms with Crippen LogP contribution in [0.5, 0.6) is 0 Å². The minimum atomic E-state index is -0.126. The first-order valence-corrected chi connectivity index (χ1v) is 8.51. The number of hydrogen-bond acceptors (Lipinski definition) is 5. The van der Waals surface area contributed by atoms with E-state index in [0.717, 1.165) is 49.6 Å². The Hall–Kier alpha value is -2.21. The van der Waals surface area contributed by atoms with Crippen molar-refractivity contribution >= 4 is 5.91 Å². The summed E-state index contributed by atoms with van der Waals surface area (Å²) < 4.78 is 5.23. The van der Waals surface area contributed by atoms with Gasteiger partial charge in [-0.3, -0.25) is 9.69 Å². The van der Waals surface area contributed by atoms with E-state index in [-0.39, 0.29) is 5.91 Å². The Morgan fingerprint density at radius 1 is 1.46 bits per heavy atom. The van der Waals surface area contributed by atoms with Gasteiger partial charge in [-0.15, -0.1) is 0 Å². The van der Waals surface area contributed by atoms with E-state index in [1.54, 1.807) is 12.3 Å². The SMILES string of the molecule is CCc1nccc(CN2CC[C@@H](CNC(=O)c3occc3C)C2)n1. The molecule has 0 unspecified atom stereocenters. The van der Waals surface area contributed by atoms with Gasteiger partial charge in [0.1, 0.15) is 5.82 Å². The van der Waals surface area contributed by atoms with Gasteiger partial charge in [-0.05, 0) is 37.9 Å². The molecule has 1 N–H and O–H groups in total. The van der Waals surface area contributed by atoms with Crippen LogP contribution in [0.2, 0.25) is 0 Å². The number of likely N-dealkylation sites (tertiary alicyclic amines) is 1. The molecule has 0 saturated carbocycles. The zero-order valence-electron chi connectivity index (χ0n) is 14.3. The average molecular weight is 328 g/mol. The van der Waals surface area contributed by atoms with Crippen LogP contribution in [-0.4, -0.2) is 40.4 Å². The van der Waals surface area contributed by atoms with Gasteiger partial charge in [0, 0.05) is 37.8 Å². The molecule has 0 spiro atoms. The van der Waals surface area contributed by atoms with Crippen LogP contribution in [0.15, 0.2) is 29.0 Å². The fourth-order valence-corrected chi connectivity index (χ4v) is 3.07. The molecule has 0 radical (unpaired) electrons. The normalized spacial score (nSPS) is 18.0. The van der Waals surface area contributed by atoms with E-state index in [9.17, 15) is 4.79 Å². The number of aromatic nitrogens is 2. The Morgan fingerprint density at radius 2 is 2.33 bits per heavy atom. The Bertz CT molecular complexity index is 698. The molecule has 1 atom stereocenters. The van der Waals surface area contributed by atoms with Crippen LogP contribution in [-0.2, 0) is 13.0 Å². The molecule has 6 heteroatoms. The smallest absolute Gasteiger partial charge is 0.287 e. The molecule has 24 heavy (non-hydrogen) atoms. The number of carbonyl (C=O) groups excluding carboxylic acids is 1. The molecule has 0 bridgehead atoms. The molecule has 0 aliphatic carbocycles. The van der Waals surface area contributed by atoms with Crippen molar-refractivity contribution in [3.8, 4) is 0 Å². The zero-order chi connectivity index (χ0) is 16.9. The quantitative estimate of drug-likeness (QED) is 0.880. The molecule has 2 aromatic heterocycles. The van der Waals surface area contributed by atoms with E-state index >= 15 is 0 Å². The maximum atomic E-state index is 12.1. The first-order valence-electron chi connectivity index (χ1n) is 8.51. The van der Waals surface area contributed by atoms with Gasteiger partial charge < -0.3 is 9.73 Å². The lowest BCUT2D eigenvalue weighted by Gasteiger charge is -2.16. The fourth-order valence-electron chi connectivity index (χ4n) is 3.07. The molecule has 3 heterocycles. The van der Waals surface area contributed by atoms with Gasteiger partial charge in [-0.2, -0.15) is 0 Å². The van der Waals surface area contributed by atoms with Crippen molar-refractivity contribution in [3.63, 3.8) is 0 Å². The highest BCUT2D eigenvalue weighted by Gasteiger charge is 2.24. The van der Waals surface area contributed by atoms with Crippen molar-refractivity contribution in [3.05, 3.63) is 47.4 Å². The van der Waals surface area contributed by atoms with Gasteiger partial charge in [0.2, 0.25) is 0 Å². The third kappa shape index (κ3) is 4.00. The number of amides is 1. The van der Waals surface area contributed by atoms with E-state index in [4.69, 9.17) is 4.42 Å². The predicted octanol–water partition coefficient (Wildman–Crippen LogP) is 2.19. The fraction of sp³-hybridized carbons (Fsp3) is 0.500. The largest absolute Gasteiger partial charge is 0.459 e. The van der Waals surface area contributed by atoms with Crippen LogP contribution < -0.4 is 5.32 Å². The zero-order valence-corrected chi connectivity index (χ0v) is 14.3. The standard InChI is InChI=1S/C18H24N4O2/c1-3-16-19-7-4-15(21-16)12-22-8-5-14(11-22)10-20-18(23)17-13(2)6-9-24-17/h4,6-7,9,14H,3,5,8,10-12H2,1-2H3,(H,20,23)/t14-/m0/s1. The second kappa shape index (κ2) is 7.57. The number of nitrogens with zero attached hydrogens (tertiary/aromatic N) is 3. The monoisotopic (exact) mass is 328 g/mol. The number of carbonyl (C=O) groups is 1. The highest BCUT2D eigenvalue weighted by atomic mass is 16.3. The summed E-state index contributed by atoms with van der Waals surface area (Å²) in [5, 5.41) is 2.99. The number of rotatable bonds is 6. The number of furan rings is 1. The Labute approximate surface area is 142 Å². The number of hydrogen-bond donors (Lipinski definition) is 1. The van der Waals surface area contributed by atoms with Crippen molar-refractivity contribution in [2.45, 2.75) is 33.2 Å². The van der Waals surface area contributed by atoms with Crippen LogP contribution in [0.3, 0.4) is 0 Å². The molecule has 0 aromatic carbocycles. The molecule has 1 fully saturated rings. The van der Waals surface area contributed by atoms with E-state index < -0.39 is 0 Å². The summed E-state index contributed by atoms with van der Waals surface area (Å²) in [5.41, 5.74) is 1.94.